The molecule has 6 heteroatoms. The van der Waals surface area contributed by atoms with Crippen molar-refractivity contribution in [1.29, 1.82) is 0 Å². The number of nitrogens with zero attached hydrogens (tertiary/aromatic N) is 2. The number of rotatable bonds is 4. The number of benzene rings is 2. The predicted octanol–water partition coefficient (Wildman–Crippen LogP) is 5.16. The van der Waals surface area contributed by atoms with E-state index in [1.54, 1.807) is 18.2 Å². The first-order chi connectivity index (χ1) is 12.5. The van der Waals surface area contributed by atoms with Gasteiger partial charge in [0.15, 0.2) is 0 Å². The summed E-state index contributed by atoms with van der Waals surface area (Å²) in [5.74, 6) is -0.267. The van der Waals surface area contributed by atoms with Gasteiger partial charge in [-0.25, -0.2) is 5.43 Å². The summed E-state index contributed by atoms with van der Waals surface area (Å²) in [6, 6.07) is 16.9. The van der Waals surface area contributed by atoms with Crippen LogP contribution in [0.1, 0.15) is 27.3 Å². The summed E-state index contributed by atoms with van der Waals surface area (Å²) in [6.45, 7) is 3.88. The molecule has 2 aromatic carbocycles. The van der Waals surface area contributed by atoms with Crippen molar-refractivity contribution in [2.24, 2.45) is 5.10 Å². The van der Waals surface area contributed by atoms with Crippen LogP contribution in [0.5, 0.6) is 0 Å². The molecule has 0 bridgehead atoms. The minimum absolute atomic E-state index is 0.267. The number of amides is 1. The Kier molecular flexibility index (Phi) is 5.45. The molecular formula is C20H17Cl2N3O. The summed E-state index contributed by atoms with van der Waals surface area (Å²) in [5, 5.41) is 4.92. The molecule has 0 aliphatic rings. The van der Waals surface area contributed by atoms with Gasteiger partial charge in [0.05, 0.1) is 21.8 Å². The van der Waals surface area contributed by atoms with Gasteiger partial charge in [-0.3, -0.25) is 4.79 Å². The Bertz CT molecular complexity index is 978. The summed E-state index contributed by atoms with van der Waals surface area (Å²) in [6.07, 6.45) is 1.52. The van der Waals surface area contributed by atoms with Crippen LogP contribution < -0.4 is 5.43 Å². The topological polar surface area (TPSA) is 46.4 Å². The smallest absolute Gasteiger partial charge is 0.273 e. The number of carbonyl (C=O) groups excluding carboxylic acids is 1. The van der Waals surface area contributed by atoms with Gasteiger partial charge in [0.25, 0.3) is 5.91 Å². The summed E-state index contributed by atoms with van der Waals surface area (Å²) in [7, 11) is 0. The average Bonchev–Trinajstić information content (AvgIpc) is 2.93. The Morgan fingerprint density at radius 1 is 1.04 bits per heavy atom. The van der Waals surface area contributed by atoms with Crippen LogP contribution in [0, 0.1) is 13.8 Å². The van der Waals surface area contributed by atoms with Gasteiger partial charge in [0.1, 0.15) is 0 Å². The molecule has 0 saturated heterocycles. The van der Waals surface area contributed by atoms with Gasteiger partial charge in [-0.2, -0.15) is 5.10 Å². The second kappa shape index (κ2) is 7.77. The zero-order valence-corrected chi connectivity index (χ0v) is 15.8. The van der Waals surface area contributed by atoms with E-state index in [4.69, 9.17) is 23.2 Å². The van der Waals surface area contributed by atoms with Gasteiger partial charge in [-0.15, -0.1) is 0 Å². The largest absolute Gasteiger partial charge is 0.318 e. The Balaban J connectivity index is 1.78. The Morgan fingerprint density at radius 2 is 1.77 bits per heavy atom. The first kappa shape index (κ1) is 18.2. The molecule has 4 nitrogen and oxygen atoms in total. The van der Waals surface area contributed by atoms with Crippen LogP contribution in [0.3, 0.4) is 0 Å². The summed E-state index contributed by atoms with van der Waals surface area (Å²) in [4.78, 5) is 12.5. The molecule has 1 aromatic heterocycles. The first-order valence-electron chi connectivity index (χ1n) is 8.00. The number of carbonyl (C=O) groups is 1. The molecule has 1 amide bonds. The fourth-order valence-corrected chi connectivity index (χ4v) is 3.09. The zero-order valence-electron chi connectivity index (χ0n) is 14.3. The zero-order chi connectivity index (χ0) is 18.7. The van der Waals surface area contributed by atoms with E-state index in [2.05, 4.69) is 10.5 Å². The fraction of sp³-hybridized carbons (Fsp3) is 0.100. The predicted molar refractivity (Wildman–Crippen MR) is 107 cm³/mol. The fourth-order valence-electron chi connectivity index (χ4n) is 2.79. The van der Waals surface area contributed by atoms with Crippen LogP contribution in [0.2, 0.25) is 10.0 Å². The van der Waals surface area contributed by atoms with Crippen molar-refractivity contribution in [2.75, 3.05) is 0 Å². The highest BCUT2D eigenvalue weighted by Crippen LogP contribution is 2.22. The second-order valence-electron chi connectivity index (χ2n) is 5.83. The number of aromatic nitrogens is 1. The van der Waals surface area contributed by atoms with Crippen LogP contribution in [0.25, 0.3) is 5.69 Å². The Hall–Kier alpha value is -2.56. The van der Waals surface area contributed by atoms with Crippen LogP contribution >= 0.6 is 23.2 Å². The number of para-hydroxylation sites is 1. The Labute approximate surface area is 162 Å². The van der Waals surface area contributed by atoms with Crippen molar-refractivity contribution in [3.05, 3.63) is 87.2 Å². The third-order valence-corrected chi connectivity index (χ3v) is 4.75. The molecule has 0 spiro atoms. The molecule has 0 fully saturated rings. The van der Waals surface area contributed by atoms with E-state index in [1.165, 1.54) is 6.21 Å². The second-order valence-corrected chi connectivity index (χ2v) is 6.64. The number of halogens is 2. The van der Waals surface area contributed by atoms with Crippen LogP contribution in [-0.4, -0.2) is 16.7 Å². The first-order valence-corrected chi connectivity index (χ1v) is 8.76. The highest BCUT2D eigenvalue weighted by atomic mass is 35.5. The van der Waals surface area contributed by atoms with Gasteiger partial charge in [-0.1, -0.05) is 47.5 Å². The number of nitrogens with one attached hydrogen (secondary N) is 1. The van der Waals surface area contributed by atoms with Crippen molar-refractivity contribution < 1.29 is 4.79 Å². The van der Waals surface area contributed by atoms with Gasteiger partial charge < -0.3 is 4.57 Å². The molecule has 0 atom stereocenters. The molecule has 1 N–H and O–H groups in total. The van der Waals surface area contributed by atoms with Gasteiger partial charge in [0, 0.05) is 17.1 Å². The highest BCUT2D eigenvalue weighted by Gasteiger charge is 2.16. The lowest BCUT2D eigenvalue weighted by Gasteiger charge is -2.09. The quantitative estimate of drug-likeness (QED) is 0.488. The van der Waals surface area contributed by atoms with Crippen LogP contribution in [0.4, 0.5) is 0 Å². The van der Waals surface area contributed by atoms with E-state index in [1.807, 2.05) is 54.8 Å². The molecular weight excluding hydrogens is 369 g/mol. The third kappa shape index (κ3) is 3.82. The summed E-state index contributed by atoms with van der Waals surface area (Å²) in [5.41, 5.74) is 6.73. The molecule has 1 heterocycles. The molecule has 0 saturated carbocycles. The lowest BCUT2D eigenvalue weighted by atomic mass is 10.2. The van der Waals surface area contributed by atoms with Crippen molar-refractivity contribution in [1.82, 2.24) is 9.99 Å². The Morgan fingerprint density at radius 3 is 2.46 bits per heavy atom. The lowest BCUT2D eigenvalue weighted by molar-refractivity contribution is 0.0954. The van der Waals surface area contributed by atoms with E-state index in [-0.39, 0.29) is 5.91 Å². The number of hydrogen-bond acceptors (Lipinski definition) is 2. The molecule has 26 heavy (non-hydrogen) atoms. The van der Waals surface area contributed by atoms with Gasteiger partial charge in [-0.05, 0) is 49.7 Å². The summed E-state index contributed by atoms with van der Waals surface area (Å²) < 4.78 is 2.04. The molecule has 0 unspecified atom stereocenters. The SMILES string of the molecule is Cc1cc(C(=O)N/N=C\c2ccc(Cl)c(Cl)c2)c(C)n1-c1ccccc1. The molecule has 3 rings (SSSR count). The maximum Gasteiger partial charge on any atom is 0.273 e. The van der Waals surface area contributed by atoms with Crippen molar-refractivity contribution in [2.45, 2.75) is 13.8 Å². The lowest BCUT2D eigenvalue weighted by Crippen LogP contribution is -2.18. The van der Waals surface area contributed by atoms with E-state index in [9.17, 15) is 4.79 Å². The van der Waals surface area contributed by atoms with Crippen LogP contribution in [0.15, 0.2) is 59.7 Å². The highest BCUT2D eigenvalue weighted by molar-refractivity contribution is 6.42. The van der Waals surface area contributed by atoms with Gasteiger partial charge >= 0.3 is 0 Å². The maximum absolute atomic E-state index is 12.5. The summed E-state index contributed by atoms with van der Waals surface area (Å²) >= 11 is 11.8. The number of hydrogen-bond donors (Lipinski definition) is 1. The maximum atomic E-state index is 12.5. The molecule has 132 valence electrons. The minimum atomic E-state index is -0.267. The van der Waals surface area contributed by atoms with Crippen LogP contribution in [-0.2, 0) is 0 Å². The molecule has 0 radical (unpaired) electrons. The minimum Gasteiger partial charge on any atom is -0.318 e. The third-order valence-electron chi connectivity index (χ3n) is 4.01. The van der Waals surface area contributed by atoms with Crippen molar-refractivity contribution in [3.63, 3.8) is 0 Å². The average molecular weight is 386 g/mol. The van der Waals surface area contributed by atoms with E-state index >= 15 is 0 Å². The number of aryl methyl sites for hydroxylation is 1. The molecule has 3 aromatic rings. The normalized spacial score (nSPS) is 11.1. The van der Waals surface area contributed by atoms with Crippen molar-refractivity contribution in [3.8, 4) is 5.69 Å². The van der Waals surface area contributed by atoms with E-state index in [0.717, 1.165) is 22.6 Å². The standard InChI is InChI=1S/C20H17Cl2N3O/c1-13-10-17(14(2)25(13)16-6-4-3-5-7-16)20(26)24-23-12-15-8-9-18(21)19(22)11-15/h3-12H,1-2H3,(H,24,26)/b23-12-. The van der Waals surface area contributed by atoms with Gasteiger partial charge in [0.2, 0.25) is 0 Å². The van der Waals surface area contributed by atoms with Crippen molar-refractivity contribution >= 4 is 35.3 Å². The molecule has 0 aliphatic carbocycles. The van der Waals surface area contributed by atoms with E-state index in [0.29, 0.717) is 15.6 Å². The van der Waals surface area contributed by atoms with E-state index < -0.39 is 0 Å². The monoisotopic (exact) mass is 385 g/mol. The number of hydrazone groups is 1. The molecule has 0 aliphatic heterocycles.